The Hall–Kier alpha value is -2.09. The van der Waals surface area contributed by atoms with E-state index in [0.717, 1.165) is 50.4 Å². The van der Waals surface area contributed by atoms with Crippen LogP contribution < -0.4 is 4.90 Å². The number of anilines is 1. The maximum atomic E-state index is 12.6. The number of nitrogens with zero attached hydrogens (tertiary/aromatic N) is 4. The Labute approximate surface area is 137 Å². The van der Waals surface area contributed by atoms with E-state index in [0.29, 0.717) is 11.6 Å². The van der Waals surface area contributed by atoms with Gasteiger partial charge in [-0.25, -0.2) is 4.98 Å². The quantitative estimate of drug-likeness (QED) is 0.842. The molecule has 0 atom stereocenters. The summed E-state index contributed by atoms with van der Waals surface area (Å²) in [7, 11) is 0. The summed E-state index contributed by atoms with van der Waals surface area (Å²) in [6, 6.07) is 6.05. The summed E-state index contributed by atoms with van der Waals surface area (Å²) in [5.41, 5.74) is 1.39. The molecule has 0 aromatic carbocycles. The third-order valence-corrected chi connectivity index (χ3v) is 5.06. The second-order valence-corrected chi connectivity index (χ2v) is 6.59. The number of hydrogen-bond donors (Lipinski definition) is 0. The molecule has 0 bridgehead atoms. The van der Waals surface area contributed by atoms with E-state index in [2.05, 4.69) is 16.0 Å². The summed E-state index contributed by atoms with van der Waals surface area (Å²) in [6.07, 6.45) is 5.78. The van der Waals surface area contributed by atoms with Crippen molar-refractivity contribution in [1.82, 2.24) is 9.88 Å². The SMILES string of the molecule is Cc1ccc(N2CCN(C(=O)C3CCCCC3)CC2)nc1C#N. The Balaban J connectivity index is 1.60. The molecule has 1 amide bonds. The van der Waals surface area contributed by atoms with Gasteiger partial charge in [0.25, 0.3) is 0 Å². The van der Waals surface area contributed by atoms with Crippen LogP contribution in [0, 0.1) is 24.2 Å². The molecular weight excluding hydrogens is 288 g/mol. The van der Waals surface area contributed by atoms with Crippen LogP contribution in [0.25, 0.3) is 0 Å². The molecule has 1 saturated carbocycles. The van der Waals surface area contributed by atoms with E-state index < -0.39 is 0 Å². The fourth-order valence-electron chi connectivity index (χ4n) is 3.57. The Morgan fingerprint density at radius 1 is 1.17 bits per heavy atom. The van der Waals surface area contributed by atoms with Crippen LogP contribution in [0.3, 0.4) is 0 Å². The standard InChI is InChI=1S/C18H24N4O/c1-14-7-8-17(20-16(14)13-19)21-9-11-22(12-10-21)18(23)15-5-3-2-4-6-15/h7-8,15H,2-6,9-12H2,1H3. The number of aryl methyl sites for hydroxylation is 1. The van der Waals surface area contributed by atoms with Crippen molar-refractivity contribution in [2.45, 2.75) is 39.0 Å². The number of pyridine rings is 1. The van der Waals surface area contributed by atoms with Gasteiger partial charge in [0.15, 0.2) is 0 Å². The lowest BCUT2D eigenvalue weighted by molar-refractivity contribution is -0.136. The molecule has 122 valence electrons. The van der Waals surface area contributed by atoms with Gasteiger partial charge in [0.2, 0.25) is 5.91 Å². The third kappa shape index (κ3) is 3.47. The fraction of sp³-hybridized carbons (Fsp3) is 0.611. The Bertz CT molecular complexity index is 608. The highest BCUT2D eigenvalue weighted by atomic mass is 16.2. The number of piperazine rings is 1. The number of amides is 1. The van der Waals surface area contributed by atoms with Crippen molar-refractivity contribution in [1.29, 1.82) is 5.26 Å². The summed E-state index contributed by atoms with van der Waals surface area (Å²) >= 11 is 0. The molecule has 1 aromatic rings. The molecule has 5 heteroatoms. The average Bonchev–Trinajstić information content (AvgIpc) is 2.62. The van der Waals surface area contributed by atoms with Crippen LogP contribution in [0.2, 0.25) is 0 Å². The zero-order valence-electron chi connectivity index (χ0n) is 13.8. The first-order valence-corrected chi connectivity index (χ1v) is 8.60. The minimum Gasteiger partial charge on any atom is -0.353 e. The van der Waals surface area contributed by atoms with Crippen LogP contribution in [0.1, 0.15) is 43.4 Å². The second-order valence-electron chi connectivity index (χ2n) is 6.59. The lowest BCUT2D eigenvalue weighted by Crippen LogP contribution is -2.50. The molecule has 0 unspecified atom stereocenters. The molecule has 0 N–H and O–H groups in total. The van der Waals surface area contributed by atoms with Gasteiger partial charge in [0, 0.05) is 32.1 Å². The van der Waals surface area contributed by atoms with Crippen LogP contribution in [0.5, 0.6) is 0 Å². The predicted molar refractivity (Wildman–Crippen MR) is 89.1 cm³/mol. The normalized spacial score (nSPS) is 19.5. The molecule has 1 saturated heterocycles. The van der Waals surface area contributed by atoms with Crippen LogP contribution >= 0.6 is 0 Å². The molecule has 5 nitrogen and oxygen atoms in total. The molecule has 2 aliphatic rings. The van der Waals surface area contributed by atoms with Gasteiger partial charge in [-0.2, -0.15) is 5.26 Å². The van der Waals surface area contributed by atoms with Gasteiger partial charge in [-0.1, -0.05) is 25.3 Å². The molecule has 0 spiro atoms. The summed E-state index contributed by atoms with van der Waals surface area (Å²) in [6.45, 7) is 4.99. The van der Waals surface area contributed by atoms with Gasteiger partial charge in [-0.15, -0.1) is 0 Å². The number of carbonyl (C=O) groups excluding carboxylic acids is 1. The van der Waals surface area contributed by atoms with Crippen LogP contribution in [0.4, 0.5) is 5.82 Å². The van der Waals surface area contributed by atoms with E-state index in [4.69, 9.17) is 5.26 Å². The number of nitriles is 1. The first-order valence-electron chi connectivity index (χ1n) is 8.60. The lowest BCUT2D eigenvalue weighted by Gasteiger charge is -2.37. The monoisotopic (exact) mass is 312 g/mol. The summed E-state index contributed by atoms with van der Waals surface area (Å²) in [4.78, 5) is 21.2. The number of aromatic nitrogens is 1. The summed E-state index contributed by atoms with van der Waals surface area (Å²) in [5, 5.41) is 9.12. The second kappa shape index (κ2) is 6.99. The van der Waals surface area contributed by atoms with E-state index in [1.165, 1.54) is 19.3 Å². The number of rotatable bonds is 2. The molecule has 1 aromatic heterocycles. The molecule has 23 heavy (non-hydrogen) atoms. The highest BCUT2D eigenvalue weighted by Crippen LogP contribution is 2.26. The zero-order valence-corrected chi connectivity index (χ0v) is 13.8. The van der Waals surface area contributed by atoms with Gasteiger partial charge >= 0.3 is 0 Å². The summed E-state index contributed by atoms with van der Waals surface area (Å²) < 4.78 is 0. The first-order chi connectivity index (χ1) is 11.2. The smallest absolute Gasteiger partial charge is 0.225 e. The average molecular weight is 312 g/mol. The first kappa shape index (κ1) is 15.8. The lowest BCUT2D eigenvalue weighted by atomic mass is 9.88. The van der Waals surface area contributed by atoms with Crippen molar-refractivity contribution in [3.05, 3.63) is 23.4 Å². The van der Waals surface area contributed by atoms with Crippen molar-refractivity contribution in [3.63, 3.8) is 0 Å². The highest BCUT2D eigenvalue weighted by molar-refractivity contribution is 5.79. The van der Waals surface area contributed by atoms with Crippen LogP contribution in [-0.2, 0) is 4.79 Å². The van der Waals surface area contributed by atoms with E-state index in [-0.39, 0.29) is 5.92 Å². The molecule has 2 heterocycles. The minimum absolute atomic E-state index is 0.248. The predicted octanol–water partition coefficient (Wildman–Crippen LogP) is 2.49. The molecule has 0 radical (unpaired) electrons. The van der Waals surface area contributed by atoms with Crippen molar-refractivity contribution < 1.29 is 4.79 Å². The molecule has 2 fully saturated rings. The molecular formula is C18H24N4O. The third-order valence-electron chi connectivity index (χ3n) is 5.06. The maximum absolute atomic E-state index is 12.6. The summed E-state index contributed by atoms with van der Waals surface area (Å²) in [5.74, 6) is 1.44. The number of hydrogen-bond acceptors (Lipinski definition) is 4. The largest absolute Gasteiger partial charge is 0.353 e. The number of carbonyl (C=O) groups is 1. The fourth-order valence-corrected chi connectivity index (χ4v) is 3.57. The van der Waals surface area contributed by atoms with Gasteiger partial charge in [-0.3, -0.25) is 4.79 Å². The van der Waals surface area contributed by atoms with Gasteiger partial charge < -0.3 is 9.80 Å². The molecule has 1 aliphatic carbocycles. The highest BCUT2D eigenvalue weighted by Gasteiger charge is 2.28. The van der Waals surface area contributed by atoms with E-state index in [1.54, 1.807) is 0 Å². The van der Waals surface area contributed by atoms with Crippen molar-refractivity contribution >= 4 is 11.7 Å². The topological polar surface area (TPSA) is 60.2 Å². The maximum Gasteiger partial charge on any atom is 0.225 e. The molecule has 1 aliphatic heterocycles. The van der Waals surface area contributed by atoms with Crippen molar-refractivity contribution in [2.24, 2.45) is 5.92 Å². The molecule has 3 rings (SSSR count). The minimum atomic E-state index is 0.248. The van der Waals surface area contributed by atoms with Crippen molar-refractivity contribution in [3.8, 4) is 6.07 Å². The van der Waals surface area contributed by atoms with E-state index in [9.17, 15) is 4.79 Å². The Kier molecular flexibility index (Phi) is 4.80. The Morgan fingerprint density at radius 2 is 1.87 bits per heavy atom. The van der Waals surface area contributed by atoms with Crippen molar-refractivity contribution in [2.75, 3.05) is 31.1 Å². The van der Waals surface area contributed by atoms with Crippen LogP contribution in [-0.4, -0.2) is 42.0 Å². The van der Waals surface area contributed by atoms with E-state index >= 15 is 0 Å². The Morgan fingerprint density at radius 3 is 2.52 bits per heavy atom. The van der Waals surface area contributed by atoms with Gasteiger partial charge in [0.1, 0.15) is 17.6 Å². The van der Waals surface area contributed by atoms with Gasteiger partial charge in [0.05, 0.1) is 0 Å². The van der Waals surface area contributed by atoms with E-state index in [1.807, 2.05) is 24.0 Å². The van der Waals surface area contributed by atoms with Crippen LogP contribution in [0.15, 0.2) is 12.1 Å². The van der Waals surface area contributed by atoms with Gasteiger partial charge in [-0.05, 0) is 31.4 Å². The zero-order chi connectivity index (χ0) is 16.2.